The van der Waals surface area contributed by atoms with E-state index in [1.807, 2.05) is 30.3 Å². The van der Waals surface area contributed by atoms with Gasteiger partial charge < -0.3 is 9.47 Å². The van der Waals surface area contributed by atoms with Crippen molar-refractivity contribution < 1.29 is 9.47 Å². The van der Waals surface area contributed by atoms with Gasteiger partial charge in [-0.05, 0) is 17.7 Å². The number of hydrogen-bond acceptors (Lipinski definition) is 5. The fourth-order valence-electron chi connectivity index (χ4n) is 2.57. The van der Waals surface area contributed by atoms with Crippen LogP contribution in [0.1, 0.15) is 5.56 Å². The molecule has 0 spiro atoms. The fraction of sp³-hybridized carbons (Fsp3) is 0.167. The highest BCUT2D eigenvalue weighted by molar-refractivity contribution is 5.92. The molecule has 0 N–H and O–H groups in total. The van der Waals surface area contributed by atoms with Crippen molar-refractivity contribution in [2.45, 2.75) is 12.7 Å². The highest BCUT2D eigenvalue weighted by Gasteiger charge is 2.23. The lowest BCUT2D eigenvalue weighted by atomic mass is 10.1. The standard InChI is InChI=1S/C18H15N3O2/c1-2-4-13(5-3-1)10-18-22-12-17(23-18)21-15-7-9-20-16-11-19-8-6-14(15)16/h1-9,11,18H,10,12H2. The second kappa shape index (κ2) is 6.14. The monoisotopic (exact) mass is 305 g/mol. The van der Waals surface area contributed by atoms with Crippen molar-refractivity contribution in [2.75, 3.05) is 6.61 Å². The molecule has 1 unspecified atom stereocenters. The number of nitrogens with zero attached hydrogens (tertiary/aromatic N) is 3. The van der Waals surface area contributed by atoms with E-state index >= 15 is 0 Å². The maximum atomic E-state index is 5.81. The van der Waals surface area contributed by atoms with Gasteiger partial charge >= 0.3 is 0 Å². The normalized spacial score (nSPS) is 19.1. The van der Waals surface area contributed by atoms with Gasteiger partial charge in [0, 0.05) is 24.2 Å². The average Bonchev–Trinajstić information content (AvgIpc) is 3.03. The zero-order valence-corrected chi connectivity index (χ0v) is 12.4. The molecule has 0 bridgehead atoms. The molecule has 1 aromatic carbocycles. The summed E-state index contributed by atoms with van der Waals surface area (Å²) in [7, 11) is 0. The number of benzene rings is 1. The van der Waals surface area contributed by atoms with E-state index < -0.39 is 0 Å². The van der Waals surface area contributed by atoms with Crippen LogP contribution in [-0.4, -0.2) is 28.8 Å². The van der Waals surface area contributed by atoms with Crippen LogP contribution < -0.4 is 0 Å². The van der Waals surface area contributed by atoms with E-state index in [9.17, 15) is 0 Å². The average molecular weight is 305 g/mol. The summed E-state index contributed by atoms with van der Waals surface area (Å²) in [6, 6.07) is 13.9. The Hall–Kier alpha value is -2.79. The first-order valence-corrected chi connectivity index (χ1v) is 7.47. The first kappa shape index (κ1) is 13.8. The summed E-state index contributed by atoms with van der Waals surface area (Å²) in [6.07, 6.45) is 5.61. The highest BCUT2D eigenvalue weighted by atomic mass is 16.7. The van der Waals surface area contributed by atoms with Gasteiger partial charge in [-0.15, -0.1) is 0 Å². The van der Waals surface area contributed by atoms with E-state index in [4.69, 9.17) is 9.47 Å². The van der Waals surface area contributed by atoms with Crippen LogP contribution in [0, 0.1) is 0 Å². The van der Waals surface area contributed by atoms with Gasteiger partial charge in [0.05, 0.1) is 17.4 Å². The van der Waals surface area contributed by atoms with E-state index in [1.165, 1.54) is 5.56 Å². The zero-order valence-electron chi connectivity index (χ0n) is 12.4. The molecule has 1 aliphatic heterocycles. The lowest BCUT2D eigenvalue weighted by Crippen LogP contribution is -2.11. The Morgan fingerprint density at radius 3 is 2.91 bits per heavy atom. The number of hydrogen-bond donors (Lipinski definition) is 0. The molecule has 0 aliphatic carbocycles. The maximum absolute atomic E-state index is 5.81. The number of fused-ring (bicyclic) bond motifs is 1. The predicted octanol–water partition coefficient (Wildman–Crippen LogP) is 3.28. The van der Waals surface area contributed by atoms with Gasteiger partial charge in [-0.1, -0.05) is 30.3 Å². The van der Waals surface area contributed by atoms with Crippen molar-refractivity contribution in [3.63, 3.8) is 0 Å². The molecule has 5 nitrogen and oxygen atoms in total. The summed E-state index contributed by atoms with van der Waals surface area (Å²) < 4.78 is 11.5. The number of aromatic nitrogens is 2. The lowest BCUT2D eigenvalue weighted by Gasteiger charge is -2.08. The first-order chi connectivity index (χ1) is 11.4. The molecule has 0 amide bonds. The third-order valence-corrected chi connectivity index (χ3v) is 3.67. The molecular weight excluding hydrogens is 290 g/mol. The van der Waals surface area contributed by atoms with E-state index in [0.29, 0.717) is 18.9 Å². The number of aliphatic imine (C=N–C) groups is 1. The molecule has 3 heterocycles. The van der Waals surface area contributed by atoms with Crippen molar-refractivity contribution in [1.29, 1.82) is 0 Å². The molecule has 1 saturated heterocycles. The third kappa shape index (κ3) is 3.05. The molecule has 114 valence electrons. The minimum absolute atomic E-state index is 0.286. The van der Waals surface area contributed by atoms with Gasteiger partial charge in [-0.25, -0.2) is 4.99 Å². The molecular formula is C18H15N3O2. The van der Waals surface area contributed by atoms with Gasteiger partial charge in [0.2, 0.25) is 12.2 Å². The summed E-state index contributed by atoms with van der Waals surface area (Å²) >= 11 is 0. The molecule has 2 aromatic heterocycles. The molecule has 5 heteroatoms. The van der Waals surface area contributed by atoms with Gasteiger partial charge in [0.1, 0.15) is 6.61 Å². The zero-order chi connectivity index (χ0) is 15.5. The van der Waals surface area contributed by atoms with Crippen molar-refractivity contribution in [3.05, 3.63) is 66.6 Å². The van der Waals surface area contributed by atoms with Crippen molar-refractivity contribution in [2.24, 2.45) is 4.99 Å². The first-order valence-electron chi connectivity index (χ1n) is 7.47. The van der Waals surface area contributed by atoms with Gasteiger partial charge in [-0.2, -0.15) is 0 Å². The smallest absolute Gasteiger partial charge is 0.217 e. The summed E-state index contributed by atoms with van der Waals surface area (Å²) in [5.74, 6) is 0.593. The Morgan fingerprint density at radius 1 is 1.09 bits per heavy atom. The van der Waals surface area contributed by atoms with E-state index in [0.717, 1.165) is 16.6 Å². The minimum Gasteiger partial charge on any atom is -0.449 e. The Balaban J connectivity index is 1.53. The SMILES string of the molecule is c1ccc(CC2OCC(=Nc3ccnc4cnccc34)O2)cc1. The minimum atomic E-state index is -0.286. The van der Waals surface area contributed by atoms with Gasteiger partial charge in [-0.3, -0.25) is 9.97 Å². The largest absolute Gasteiger partial charge is 0.449 e. The summed E-state index contributed by atoms with van der Waals surface area (Å²) in [6.45, 7) is 0.381. The Kier molecular flexibility index (Phi) is 3.70. The second-order valence-corrected chi connectivity index (χ2v) is 5.28. The summed E-state index contributed by atoms with van der Waals surface area (Å²) in [5, 5.41) is 0.949. The lowest BCUT2D eigenvalue weighted by molar-refractivity contribution is -0.0208. The van der Waals surface area contributed by atoms with Crippen molar-refractivity contribution >= 4 is 22.5 Å². The number of ether oxygens (including phenoxy) is 2. The van der Waals surface area contributed by atoms with Crippen LogP contribution >= 0.6 is 0 Å². The van der Waals surface area contributed by atoms with E-state index in [1.54, 1.807) is 18.6 Å². The Morgan fingerprint density at radius 2 is 2.00 bits per heavy atom. The van der Waals surface area contributed by atoms with Crippen LogP contribution in [0.15, 0.2) is 66.0 Å². The summed E-state index contributed by atoms with van der Waals surface area (Å²) in [4.78, 5) is 12.9. The van der Waals surface area contributed by atoms with Crippen LogP contribution in [0.25, 0.3) is 10.9 Å². The maximum Gasteiger partial charge on any atom is 0.217 e. The van der Waals surface area contributed by atoms with Crippen molar-refractivity contribution in [1.82, 2.24) is 9.97 Å². The molecule has 1 atom stereocenters. The van der Waals surface area contributed by atoms with Crippen LogP contribution in [0.2, 0.25) is 0 Å². The molecule has 23 heavy (non-hydrogen) atoms. The molecule has 1 aliphatic rings. The van der Waals surface area contributed by atoms with Crippen LogP contribution in [0.3, 0.4) is 0 Å². The molecule has 3 aromatic rings. The van der Waals surface area contributed by atoms with Crippen LogP contribution in [-0.2, 0) is 15.9 Å². The van der Waals surface area contributed by atoms with Gasteiger partial charge in [0.15, 0.2) is 0 Å². The second-order valence-electron chi connectivity index (χ2n) is 5.28. The Bertz CT molecular complexity index is 844. The van der Waals surface area contributed by atoms with Gasteiger partial charge in [0.25, 0.3) is 0 Å². The molecule has 0 radical (unpaired) electrons. The van der Waals surface area contributed by atoms with Crippen LogP contribution in [0.5, 0.6) is 0 Å². The molecule has 4 rings (SSSR count). The van der Waals surface area contributed by atoms with E-state index in [-0.39, 0.29) is 6.29 Å². The molecule has 0 saturated carbocycles. The van der Waals surface area contributed by atoms with Crippen LogP contribution in [0.4, 0.5) is 5.69 Å². The number of pyridine rings is 2. The predicted molar refractivity (Wildman–Crippen MR) is 87.6 cm³/mol. The fourth-order valence-corrected chi connectivity index (χ4v) is 2.57. The third-order valence-electron chi connectivity index (χ3n) is 3.67. The highest BCUT2D eigenvalue weighted by Crippen LogP contribution is 2.25. The molecule has 1 fully saturated rings. The quantitative estimate of drug-likeness (QED) is 0.745. The summed E-state index contributed by atoms with van der Waals surface area (Å²) in [5.41, 5.74) is 2.81. The van der Waals surface area contributed by atoms with E-state index in [2.05, 4.69) is 27.1 Å². The number of rotatable bonds is 3. The van der Waals surface area contributed by atoms with Crippen molar-refractivity contribution in [3.8, 4) is 0 Å². The Labute approximate surface area is 133 Å². The topological polar surface area (TPSA) is 56.6 Å².